The zero-order chi connectivity index (χ0) is 10.8. The summed E-state index contributed by atoms with van der Waals surface area (Å²) in [5.74, 6) is 1.09. The summed E-state index contributed by atoms with van der Waals surface area (Å²) in [6, 6.07) is 8.02. The highest BCUT2D eigenvalue weighted by atomic mass is 15.1. The molecule has 3 nitrogen and oxygen atoms in total. The van der Waals surface area contributed by atoms with Gasteiger partial charge in [-0.05, 0) is 12.3 Å². The first-order chi connectivity index (χ1) is 7.18. The van der Waals surface area contributed by atoms with Crippen LogP contribution in [-0.2, 0) is 6.42 Å². The lowest BCUT2D eigenvalue weighted by molar-refractivity contribution is 0.633. The van der Waals surface area contributed by atoms with Crippen LogP contribution in [0.2, 0.25) is 0 Å². The van der Waals surface area contributed by atoms with Crippen molar-refractivity contribution in [3.8, 4) is 0 Å². The Morgan fingerprint density at radius 3 is 2.47 bits per heavy atom. The molecule has 1 aromatic heterocycles. The van der Waals surface area contributed by atoms with Crippen LogP contribution < -0.4 is 5.73 Å². The number of nitrogens with two attached hydrogens (primary N) is 1. The summed E-state index contributed by atoms with van der Waals surface area (Å²) in [6.45, 7) is 4.35. The fourth-order valence-corrected chi connectivity index (χ4v) is 1.72. The average molecular weight is 201 g/mol. The van der Waals surface area contributed by atoms with Gasteiger partial charge in [0.05, 0.1) is 5.69 Å². The minimum absolute atomic E-state index is 0.512. The van der Waals surface area contributed by atoms with E-state index >= 15 is 0 Å². The molecule has 0 atom stereocenters. The molecule has 0 radical (unpaired) electrons. The molecule has 0 aliphatic heterocycles. The molecule has 0 aliphatic carbocycles. The van der Waals surface area contributed by atoms with Gasteiger partial charge in [0, 0.05) is 10.8 Å². The van der Waals surface area contributed by atoms with Gasteiger partial charge in [-0.25, -0.2) is 0 Å². The Morgan fingerprint density at radius 1 is 1.13 bits per heavy atom. The molecular formula is C12H15N3. The molecule has 0 amide bonds. The Hall–Kier alpha value is -1.64. The molecule has 0 saturated carbocycles. The third kappa shape index (κ3) is 1.91. The van der Waals surface area contributed by atoms with E-state index in [1.807, 2.05) is 18.2 Å². The Balaban J connectivity index is 2.61. The second kappa shape index (κ2) is 3.85. The molecule has 0 aliphatic rings. The van der Waals surface area contributed by atoms with Crippen LogP contribution in [0.4, 0.5) is 5.82 Å². The van der Waals surface area contributed by atoms with Crippen molar-refractivity contribution in [3.05, 3.63) is 30.0 Å². The first-order valence-electron chi connectivity index (χ1n) is 5.18. The Bertz CT molecular complexity index is 477. The highest BCUT2D eigenvalue weighted by Gasteiger charge is 2.07. The van der Waals surface area contributed by atoms with Crippen LogP contribution in [0.25, 0.3) is 10.8 Å². The van der Waals surface area contributed by atoms with E-state index in [0.29, 0.717) is 11.7 Å². The summed E-state index contributed by atoms with van der Waals surface area (Å²) < 4.78 is 0. The van der Waals surface area contributed by atoms with Crippen molar-refractivity contribution in [2.24, 2.45) is 5.92 Å². The van der Waals surface area contributed by atoms with Gasteiger partial charge >= 0.3 is 0 Å². The van der Waals surface area contributed by atoms with E-state index in [1.54, 1.807) is 0 Å². The standard InChI is InChI=1S/C12H15N3/c1-8(2)7-11-9-5-3-4-6-10(9)12(13)15-14-11/h3-6,8H,7H2,1-2H3,(H2,13,15). The fraction of sp³-hybridized carbons (Fsp3) is 0.333. The SMILES string of the molecule is CC(C)Cc1nnc(N)c2ccccc12. The Labute approximate surface area is 89.3 Å². The molecule has 0 bridgehead atoms. The molecule has 3 heteroatoms. The highest BCUT2D eigenvalue weighted by molar-refractivity contribution is 5.92. The second-order valence-electron chi connectivity index (χ2n) is 4.18. The van der Waals surface area contributed by atoms with E-state index in [1.165, 1.54) is 0 Å². The summed E-state index contributed by atoms with van der Waals surface area (Å²) in [4.78, 5) is 0. The minimum Gasteiger partial charge on any atom is -0.382 e. The number of nitrogens with zero attached hydrogens (tertiary/aromatic N) is 2. The molecule has 0 saturated heterocycles. The van der Waals surface area contributed by atoms with Gasteiger partial charge in [0.25, 0.3) is 0 Å². The van der Waals surface area contributed by atoms with Gasteiger partial charge in [-0.2, -0.15) is 5.10 Å². The van der Waals surface area contributed by atoms with Gasteiger partial charge in [0.1, 0.15) is 0 Å². The predicted molar refractivity (Wildman–Crippen MR) is 62.5 cm³/mol. The quantitative estimate of drug-likeness (QED) is 0.811. The van der Waals surface area contributed by atoms with Crippen molar-refractivity contribution in [1.82, 2.24) is 10.2 Å². The van der Waals surface area contributed by atoms with E-state index in [9.17, 15) is 0 Å². The van der Waals surface area contributed by atoms with E-state index in [4.69, 9.17) is 5.73 Å². The summed E-state index contributed by atoms with van der Waals surface area (Å²) in [5.41, 5.74) is 6.82. The van der Waals surface area contributed by atoms with Crippen LogP contribution in [0.15, 0.2) is 24.3 Å². The third-order valence-electron chi connectivity index (χ3n) is 2.39. The lowest BCUT2D eigenvalue weighted by Gasteiger charge is -2.08. The number of fused-ring (bicyclic) bond motifs is 1. The predicted octanol–water partition coefficient (Wildman–Crippen LogP) is 2.41. The summed E-state index contributed by atoms with van der Waals surface area (Å²) in [6.07, 6.45) is 0.938. The minimum atomic E-state index is 0.512. The lowest BCUT2D eigenvalue weighted by atomic mass is 10.0. The van der Waals surface area contributed by atoms with Gasteiger partial charge < -0.3 is 5.73 Å². The number of benzene rings is 1. The number of hydrogen-bond acceptors (Lipinski definition) is 3. The maximum Gasteiger partial charge on any atom is 0.153 e. The maximum atomic E-state index is 5.78. The number of aromatic nitrogens is 2. The molecule has 1 heterocycles. The number of hydrogen-bond donors (Lipinski definition) is 1. The van der Waals surface area contributed by atoms with Gasteiger partial charge in [0.15, 0.2) is 5.82 Å². The largest absolute Gasteiger partial charge is 0.382 e. The summed E-state index contributed by atoms with van der Waals surface area (Å²) in [7, 11) is 0. The third-order valence-corrected chi connectivity index (χ3v) is 2.39. The average Bonchev–Trinajstić information content (AvgIpc) is 2.22. The molecule has 78 valence electrons. The second-order valence-corrected chi connectivity index (χ2v) is 4.18. The molecular weight excluding hydrogens is 186 g/mol. The van der Waals surface area contributed by atoms with E-state index in [-0.39, 0.29) is 0 Å². The molecule has 15 heavy (non-hydrogen) atoms. The maximum absolute atomic E-state index is 5.78. The topological polar surface area (TPSA) is 51.8 Å². The van der Waals surface area contributed by atoms with Crippen molar-refractivity contribution < 1.29 is 0 Å². The first-order valence-corrected chi connectivity index (χ1v) is 5.18. The van der Waals surface area contributed by atoms with Crippen molar-refractivity contribution in [3.63, 3.8) is 0 Å². The zero-order valence-electron chi connectivity index (χ0n) is 9.07. The van der Waals surface area contributed by atoms with Crippen molar-refractivity contribution >= 4 is 16.6 Å². The Morgan fingerprint density at radius 2 is 1.80 bits per heavy atom. The zero-order valence-corrected chi connectivity index (χ0v) is 9.07. The first kappa shape index (κ1) is 9.90. The van der Waals surface area contributed by atoms with E-state index in [0.717, 1.165) is 22.9 Å². The molecule has 0 fully saturated rings. The van der Waals surface area contributed by atoms with Crippen LogP contribution in [0.5, 0.6) is 0 Å². The lowest BCUT2D eigenvalue weighted by Crippen LogP contribution is -2.03. The molecule has 1 aromatic carbocycles. The number of anilines is 1. The van der Waals surface area contributed by atoms with Crippen molar-refractivity contribution in [2.45, 2.75) is 20.3 Å². The smallest absolute Gasteiger partial charge is 0.153 e. The van der Waals surface area contributed by atoms with E-state index in [2.05, 4.69) is 30.1 Å². The molecule has 2 rings (SSSR count). The molecule has 0 unspecified atom stereocenters. The Kier molecular flexibility index (Phi) is 2.54. The van der Waals surface area contributed by atoms with Crippen LogP contribution in [0.3, 0.4) is 0 Å². The normalized spacial score (nSPS) is 11.1. The fourth-order valence-electron chi connectivity index (χ4n) is 1.72. The van der Waals surface area contributed by atoms with E-state index < -0.39 is 0 Å². The molecule has 0 spiro atoms. The monoisotopic (exact) mass is 201 g/mol. The molecule has 2 N–H and O–H groups in total. The van der Waals surface area contributed by atoms with Gasteiger partial charge in [0.2, 0.25) is 0 Å². The van der Waals surface area contributed by atoms with Crippen LogP contribution in [0, 0.1) is 5.92 Å². The number of nitrogen functional groups attached to an aromatic ring is 1. The summed E-state index contributed by atoms with van der Waals surface area (Å²) >= 11 is 0. The number of rotatable bonds is 2. The van der Waals surface area contributed by atoms with Crippen LogP contribution >= 0.6 is 0 Å². The highest BCUT2D eigenvalue weighted by Crippen LogP contribution is 2.22. The van der Waals surface area contributed by atoms with Gasteiger partial charge in [-0.15, -0.1) is 5.10 Å². The van der Waals surface area contributed by atoms with Crippen molar-refractivity contribution in [2.75, 3.05) is 5.73 Å². The van der Waals surface area contributed by atoms with Gasteiger partial charge in [-0.3, -0.25) is 0 Å². The van der Waals surface area contributed by atoms with Crippen molar-refractivity contribution in [1.29, 1.82) is 0 Å². The summed E-state index contributed by atoms with van der Waals surface area (Å²) in [5, 5.41) is 10.3. The van der Waals surface area contributed by atoms with Crippen LogP contribution in [-0.4, -0.2) is 10.2 Å². The van der Waals surface area contributed by atoms with Crippen LogP contribution in [0.1, 0.15) is 19.5 Å². The van der Waals surface area contributed by atoms with Gasteiger partial charge in [-0.1, -0.05) is 38.1 Å². The molecule has 2 aromatic rings.